The average Bonchev–Trinajstić information content (AvgIpc) is 3.74. The Hall–Kier alpha value is -3.32. The number of piperazine rings is 1. The fraction of sp³-hybridized carbons (Fsp3) is 0.407. The summed E-state index contributed by atoms with van der Waals surface area (Å²) in [6.07, 6.45) is 2.58. The van der Waals surface area contributed by atoms with Crippen LogP contribution in [0.1, 0.15) is 30.1 Å². The number of para-hydroxylation sites is 1. The fourth-order valence-electron chi connectivity index (χ4n) is 5.81. The second kappa shape index (κ2) is 7.09. The maximum Gasteiger partial charge on any atom is 0.254 e. The highest BCUT2D eigenvalue weighted by Gasteiger charge is 2.51. The van der Waals surface area contributed by atoms with Gasteiger partial charge in [0.05, 0.1) is 18.3 Å². The number of carbonyl (C=O) groups is 1. The smallest absolute Gasteiger partial charge is 0.254 e. The molecular formula is C27H29N5O2. The first kappa shape index (κ1) is 20.1. The molecule has 4 aromatic rings. The van der Waals surface area contributed by atoms with Crippen LogP contribution in [-0.4, -0.2) is 56.7 Å². The van der Waals surface area contributed by atoms with Crippen molar-refractivity contribution in [2.75, 3.05) is 13.7 Å². The molecular weight excluding hydrogens is 426 g/mol. The SMILES string of the molecule is COc1cc(C(=O)N2C[C@H]3N[C@H]3[C@H]2C)cc2nc(-c3cc4ccccc4n3CC3CC3)n(C)c12. The van der Waals surface area contributed by atoms with Gasteiger partial charge in [0, 0.05) is 54.7 Å². The van der Waals surface area contributed by atoms with Crippen molar-refractivity contribution in [3.63, 3.8) is 0 Å². The van der Waals surface area contributed by atoms with Crippen LogP contribution in [-0.2, 0) is 13.6 Å². The zero-order valence-electron chi connectivity index (χ0n) is 19.8. The molecule has 1 amide bonds. The first-order chi connectivity index (χ1) is 16.5. The number of ether oxygens (including phenoxy) is 1. The van der Waals surface area contributed by atoms with Crippen LogP contribution in [0.5, 0.6) is 5.75 Å². The van der Waals surface area contributed by atoms with Gasteiger partial charge in [-0.25, -0.2) is 4.98 Å². The number of hydrogen-bond acceptors (Lipinski definition) is 4. The molecule has 0 spiro atoms. The third-order valence-electron chi connectivity index (χ3n) is 7.98. The predicted molar refractivity (Wildman–Crippen MR) is 132 cm³/mol. The van der Waals surface area contributed by atoms with Crippen molar-refractivity contribution in [2.24, 2.45) is 13.0 Å². The number of hydrogen-bond donors (Lipinski definition) is 1. The largest absolute Gasteiger partial charge is 0.494 e. The van der Waals surface area contributed by atoms with Gasteiger partial charge < -0.3 is 24.1 Å². The minimum absolute atomic E-state index is 0.0525. The summed E-state index contributed by atoms with van der Waals surface area (Å²) < 4.78 is 10.3. The first-order valence-corrected chi connectivity index (χ1v) is 12.2. The fourth-order valence-corrected chi connectivity index (χ4v) is 5.81. The van der Waals surface area contributed by atoms with E-state index in [1.165, 1.54) is 23.7 Å². The van der Waals surface area contributed by atoms with Gasteiger partial charge in [0.2, 0.25) is 0 Å². The van der Waals surface area contributed by atoms with Crippen LogP contribution in [0.25, 0.3) is 33.5 Å². The normalized spacial score (nSPS) is 23.6. The lowest BCUT2D eigenvalue weighted by molar-refractivity contribution is 0.0727. The molecule has 34 heavy (non-hydrogen) atoms. The molecule has 1 saturated carbocycles. The van der Waals surface area contributed by atoms with E-state index >= 15 is 0 Å². The third-order valence-corrected chi connectivity index (χ3v) is 7.98. The van der Waals surface area contributed by atoms with Crippen LogP contribution in [0.15, 0.2) is 42.5 Å². The highest BCUT2D eigenvalue weighted by atomic mass is 16.5. The Morgan fingerprint density at radius 3 is 2.76 bits per heavy atom. The number of benzene rings is 2. The molecule has 4 heterocycles. The zero-order valence-corrected chi connectivity index (χ0v) is 19.8. The molecule has 7 nitrogen and oxygen atoms in total. The van der Waals surface area contributed by atoms with E-state index in [4.69, 9.17) is 9.72 Å². The predicted octanol–water partition coefficient (Wildman–Crippen LogP) is 3.80. The maximum absolute atomic E-state index is 13.4. The summed E-state index contributed by atoms with van der Waals surface area (Å²) in [4.78, 5) is 20.4. The van der Waals surface area contributed by atoms with E-state index in [-0.39, 0.29) is 11.9 Å². The number of likely N-dealkylation sites (tertiary alicyclic amines) is 1. The third kappa shape index (κ3) is 2.92. The van der Waals surface area contributed by atoms with Gasteiger partial charge in [-0.2, -0.15) is 0 Å². The Morgan fingerprint density at radius 2 is 2.03 bits per heavy atom. The number of aromatic nitrogens is 3. The van der Waals surface area contributed by atoms with Crippen molar-refractivity contribution in [3.05, 3.63) is 48.0 Å². The Kier molecular flexibility index (Phi) is 4.19. The molecule has 0 unspecified atom stereocenters. The van der Waals surface area contributed by atoms with Gasteiger partial charge in [-0.05, 0) is 49.9 Å². The number of nitrogens with zero attached hydrogens (tertiary/aromatic N) is 4. The lowest BCUT2D eigenvalue weighted by atomic mass is 10.1. The minimum Gasteiger partial charge on any atom is -0.494 e. The van der Waals surface area contributed by atoms with E-state index in [9.17, 15) is 4.79 Å². The van der Waals surface area contributed by atoms with E-state index in [0.29, 0.717) is 23.4 Å². The summed E-state index contributed by atoms with van der Waals surface area (Å²) >= 11 is 0. The summed E-state index contributed by atoms with van der Waals surface area (Å²) in [5.74, 6) is 2.37. The minimum atomic E-state index is 0.0525. The van der Waals surface area contributed by atoms with Gasteiger partial charge in [0.15, 0.2) is 5.82 Å². The Labute approximate surface area is 198 Å². The molecule has 0 bridgehead atoms. The molecule has 7 rings (SSSR count). The number of aryl methyl sites for hydroxylation is 1. The van der Waals surface area contributed by atoms with E-state index in [2.05, 4.69) is 51.7 Å². The number of nitrogens with one attached hydrogen (secondary N) is 1. The number of fused-ring (bicyclic) bond motifs is 3. The molecule has 3 atom stereocenters. The molecule has 2 aliphatic heterocycles. The first-order valence-electron chi connectivity index (χ1n) is 12.2. The lowest BCUT2D eigenvalue weighted by Gasteiger charge is -2.24. The molecule has 2 saturated heterocycles. The lowest BCUT2D eigenvalue weighted by Crippen LogP contribution is -2.40. The number of rotatable bonds is 5. The van der Waals surface area contributed by atoms with Gasteiger partial charge in [-0.15, -0.1) is 0 Å². The summed E-state index contributed by atoms with van der Waals surface area (Å²) in [7, 11) is 3.70. The van der Waals surface area contributed by atoms with E-state index in [0.717, 1.165) is 41.6 Å². The number of imidazole rings is 1. The molecule has 0 radical (unpaired) electrons. The molecule has 2 aromatic heterocycles. The van der Waals surface area contributed by atoms with Crippen molar-refractivity contribution < 1.29 is 9.53 Å². The molecule has 1 aliphatic carbocycles. The monoisotopic (exact) mass is 455 g/mol. The van der Waals surface area contributed by atoms with Crippen LogP contribution in [0.3, 0.4) is 0 Å². The number of carbonyl (C=O) groups excluding carboxylic acids is 1. The molecule has 7 heteroatoms. The van der Waals surface area contributed by atoms with Crippen molar-refractivity contribution in [2.45, 2.75) is 44.4 Å². The summed E-state index contributed by atoms with van der Waals surface area (Å²) in [5, 5.41) is 4.66. The Balaban J connectivity index is 1.36. The number of amides is 1. The second-order valence-electron chi connectivity index (χ2n) is 10.2. The zero-order chi connectivity index (χ0) is 23.1. The molecule has 2 aromatic carbocycles. The molecule has 3 fully saturated rings. The quantitative estimate of drug-likeness (QED) is 0.465. The molecule has 174 valence electrons. The Bertz CT molecular complexity index is 1460. The average molecular weight is 456 g/mol. The van der Waals surface area contributed by atoms with Crippen molar-refractivity contribution >= 4 is 27.8 Å². The topological polar surface area (TPSA) is 74.2 Å². The van der Waals surface area contributed by atoms with Crippen LogP contribution < -0.4 is 10.1 Å². The molecule has 1 N–H and O–H groups in total. The summed E-state index contributed by atoms with van der Waals surface area (Å²) in [5.41, 5.74) is 4.70. The summed E-state index contributed by atoms with van der Waals surface area (Å²) in [6.45, 7) is 3.89. The van der Waals surface area contributed by atoms with Crippen molar-refractivity contribution in [1.29, 1.82) is 0 Å². The van der Waals surface area contributed by atoms with Crippen molar-refractivity contribution in [1.82, 2.24) is 24.3 Å². The summed E-state index contributed by atoms with van der Waals surface area (Å²) in [6, 6.07) is 15.7. The van der Waals surface area contributed by atoms with Gasteiger partial charge in [-0.3, -0.25) is 4.79 Å². The highest BCUT2D eigenvalue weighted by Crippen LogP contribution is 2.38. The van der Waals surface area contributed by atoms with E-state index < -0.39 is 0 Å². The van der Waals surface area contributed by atoms with Crippen molar-refractivity contribution in [3.8, 4) is 17.3 Å². The Morgan fingerprint density at radius 1 is 1.21 bits per heavy atom. The van der Waals surface area contributed by atoms with Gasteiger partial charge in [-0.1, -0.05) is 18.2 Å². The van der Waals surface area contributed by atoms with Gasteiger partial charge >= 0.3 is 0 Å². The number of methoxy groups -OCH3 is 1. The van der Waals surface area contributed by atoms with Crippen LogP contribution in [0.2, 0.25) is 0 Å². The second-order valence-corrected chi connectivity index (χ2v) is 10.2. The van der Waals surface area contributed by atoms with Crippen LogP contribution in [0.4, 0.5) is 0 Å². The molecule has 3 aliphatic rings. The standard InChI is InChI=1S/C27H29N5O2/c1-15-24-20(28-24)14-31(15)27(33)18-10-19-25(23(12-18)34-3)30(2)26(29-19)22-11-17-6-4-5-7-21(17)32(22)13-16-8-9-16/h4-7,10-12,15-16,20,24,28H,8-9,13-14H2,1-3H3/t15-,20-,24+/m1/s1. The van der Waals surface area contributed by atoms with Crippen LogP contribution in [0, 0.1) is 5.92 Å². The maximum atomic E-state index is 13.4. The highest BCUT2D eigenvalue weighted by molar-refractivity contribution is 6.00. The van der Waals surface area contributed by atoms with E-state index in [1.807, 2.05) is 24.1 Å². The van der Waals surface area contributed by atoms with Gasteiger partial charge in [0.1, 0.15) is 11.3 Å². The van der Waals surface area contributed by atoms with E-state index in [1.54, 1.807) is 7.11 Å². The van der Waals surface area contributed by atoms with Gasteiger partial charge in [0.25, 0.3) is 5.91 Å². The van der Waals surface area contributed by atoms with Crippen LogP contribution >= 0.6 is 0 Å².